The van der Waals surface area contributed by atoms with Crippen molar-refractivity contribution in [1.82, 2.24) is 21.7 Å². The minimum atomic E-state index is -0.458. The molecule has 7 heteroatoms. The normalized spacial score (nSPS) is 19.6. The van der Waals surface area contributed by atoms with Crippen molar-refractivity contribution in [1.29, 1.82) is 0 Å². The molecule has 0 aromatic heterocycles. The number of hydrogen-bond donors (Lipinski definition) is 5. The molecular weight excluding hydrogens is 338 g/mol. The molecule has 0 radical (unpaired) electrons. The van der Waals surface area contributed by atoms with Crippen molar-refractivity contribution >= 4 is 23.2 Å². The lowest BCUT2D eigenvalue weighted by Crippen LogP contribution is -2.50. The maximum atomic E-state index is 12.5. The number of amides is 1. The minimum Gasteiger partial charge on any atom is -0.367 e. The van der Waals surface area contributed by atoms with Gasteiger partial charge in [0.25, 0.3) is 0 Å². The van der Waals surface area contributed by atoms with Gasteiger partial charge in [0, 0.05) is 17.3 Å². The van der Waals surface area contributed by atoms with Crippen LogP contribution in [0.5, 0.6) is 0 Å². The molecule has 1 heterocycles. The number of rotatable bonds is 5. The third kappa shape index (κ3) is 4.49. The summed E-state index contributed by atoms with van der Waals surface area (Å²) in [6.07, 6.45) is -0.276. The molecule has 2 aromatic carbocycles. The van der Waals surface area contributed by atoms with Gasteiger partial charge in [-0.2, -0.15) is 5.53 Å². The molecular formula is C18H22ClN5O. The zero-order valence-electron chi connectivity index (χ0n) is 14.2. The van der Waals surface area contributed by atoms with Crippen LogP contribution in [-0.2, 0) is 11.3 Å². The highest BCUT2D eigenvalue weighted by atomic mass is 35.5. The highest BCUT2D eigenvalue weighted by Crippen LogP contribution is 2.16. The van der Waals surface area contributed by atoms with Crippen LogP contribution in [0.2, 0.25) is 5.02 Å². The van der Waals surface area contributed by atoms with Crippen LogP contribution in [0.4, 0.5) is 5.69 Å². The van der Waals surface area contributed by atoms with Crippen LogP contribution in [-0.4, -0.2) is 18.1 Å². The summed E-state index contributed by atoms with van der Waals surface area (Å²) in [6, 6.07) is 13.1. The average Bonchev–Trinajstić information content (AvgIpc) is 3.04. The van der Waals surface area contributed by atoms with Crippen molar-refractivity contribution in [2.75, 3.05) is 5.32 Å². The van der Waals surface area contributed by atoms with E-state index in [1.54, 1.807) is 0 Å². The zero-order chi connectivity index (χ0) is 17.8. The second-order valence-electron chi connectivity index (χ2n) is 6.16. The first kappa shape index (κ1) is 17.7. The molecule has 6 nitrogen and oxygen atoms in total. The van der Waals surface area contributed by atoms with Gasteiger partial charge in [0.1, 0.15) is 12.2 Å². The number of carbonyl (C=O) groups excluding carboxylic acids is 1. The van der Waals surface area contributed by atoms with E-state index in [1.165, 1.54) is 11.1 Å². The maximum Gasteiger partial charge on any atom is 0.242 e. The molecule has 1 aliphatic rings. The summed E-state index contributed by atoms with van der Waals surface area (Å²) in [5, 5.41) is 6.91. The van der Waals surface area contributed by atoms with E-state index in [1.807, 2.05) is 30.3 Å². The number of anilines is 1. The average molecular weight is 360 g/mol. The summed E-state index contributed by atoms with van der Waals surface area (Å²) in [6.45, 7) is 4.56. The number of aryl methyl sites for hydroxylation is 2. The quantitative estimate of drug-likeness (QED) is 0.564. The third-order valence-electron chi connectivity index (χ3n) is 4.26. The number of halogens is 1. The SMILES string of the molecule is Cc1ccc(NC2NNNC2C(=O)NCc2cccc(Cl)c2)cc1C. The molecule has 0 spiro atoms. The van der Waals surface area contributed by atoms with Crippen molar-refractivity contribution in [2.24, 2.45) is 0 Å². The zero-order valence-corrected chi connectivity index (χ0v) is 14.9. The standard InChI is InChI=1S/C18H22ClN5O/c1-11-6-7-15(8-12(11)2)21-17-16(22-24-23-17)18(25)20-10-13-4-3-5-14(19)9-13/h3-9,16-17,21-24H,10H2,1-2H3,(H,20,25). The molecule has 2 unspecified atom stereocenters. The summed E-state index contributed by atoms with van der Waals surface area (Å²) in [7, 11) is 0. The van der Waals surface area contributed by atoms with Gasteiger partial charge in [-0.3, -0.25) is 4.79 Å². The highest BCUT2D eigenvalue weighted by molar-refractivity contribution is 6.30. The van der Waals surface area contributed by atoms with Crippen LogP contribution in [0.3, 0.4) is 0 Å². The van der Waals surface area contributed by atoms with Crippen molar-refractivity contribution in [3.8, 4) is 0 Å². The first-order valence-electron chi connectivity index (χ1n) is 8.15. The van der Waals surface area contributed by atoms with Gasteiger partial charge in [0.2, 0.25) is 5.91 Å². The van der Waals surface area contributed by atoms with Crippen LogP contribution < -0.4 is 27.0 Å². The van der Waals surface area contributed by atoms with E-state index in [4.69, 9.17) is 11.6 Å². The molecule has 0 aliphatic carbocycles. The van der Waals surface area contributed by atoms with Crippen molar-refractivity contribution in [3.05, 3.63) is 64.2 Å². The summed E-state index contributed by atoms with van der Waals surface area (Å²) in [5.74, 6) is -0.112. The van der Waals surface area contributed by atoms with E-state index < -0.39 is 6.04 Å². The Bertz CT molecular complexity index is 767. The lowest BCUT2D eigenvalue weighted by atomic mass is 10.1. The molecule has 2 aromatic rings. The Labute approximate surface area is 152 Å². The molecule has 0 bridgehead atoms. The van der Waals surface area contributed by atoms with Crippen molar-refractivity contribution in [3.63, 3.8) is 0 Å². The van der Waals surface area contributed by atoms with E-state index in [0.29, 0.717) is 11.6 Å². The molecule has 25 heavy (non-hydrogen) atoms. The van der Waals surface area contributed by atoms with Gasteiger partial charge >= 0.3 is 0 Å². The van der Waals surface area contributed by atoms with Crippen molar-refractivity contribution < 1.29 is 4.79 Å². The van der Waals surface area contributed by atoms with E-state index in [2.05, 4.69) is 53.0 Å². The van der Waals surface area contributed by atoms with E-state index in [0.717, 1.165) is 11.3 Å². The molecule has 1 saturated heterocycles. The second kappa shape index (κ2) is 7.84. The van der Waals surface area contributed by atoms with Gasteiger partial charge in [0.05, 0.1) is 0 Å². The molecule has 3 rings (SSSR count). The Morgan fingerprint density at radius 3 is 2.72 bits per heavy atom. The maximum absolute atomic E-state index is 12.5. The largest absolute Gasteiger partial charge is 0.367 e. The van der Waals surface area contributed by atoms with Gasteiger partial charge in [-0.15, -0.1) is 0 Å². The van der Waals surface area contributed by atoms with E-state index in [9.17, 15) is 4.79 Å². The molecule has 0 saturated carbocycles. The fourth-order valence-corrected chi connectivity index (χ4v) is 2.87. The van der Waals surface area contributed by atoms with Gasteiger partial charge < -0.3 is 10.6 Å². The smallest absolute Gasteiger partial charge is 0.242 e. The summed E-state index contributed by atoms with van der Waals surface area (Å²) < 4.78 is 0. The van der Waals surface area contributed by atoms with E-state index in [-0.39, 0.29) is 12.1 Å². The molecule has 132 valence electrons. The first-order valence-corrected chi connectivity index (χ1v) is 8.53. The lowest BCUT2D eigenvalue weighted by Gasteiger charge is -2.20. The van der Waals surface area contributed by atoms with Crippen LogP contribution in [0.1, 0.15) is 16.7 Å². The molecule has 2 atom stereocenters. The van der Waals surface area contributed by atoms with Crippen molar-refractivity contribution in [2.45, 2.75) is 32.6 Å². The summed E-state index contributed by atoms with van der Waals surface area (Å²) in [4.78, 5) is 12.5. The molecule has 1 aliphatic heterocycles. The number of hydrogen-bond acceptors (Lipinski definition) is 5. The Morgan fingerprint density at radius 1 is 1.12 bits per heavy atom. The van der Waals surface area contributed by atoms with Crippen LogP contribution >= 0.6 is 11.6 Å². The van der Waals surface area contributed by atoms with Gasteiger partial charge in [-0.1, -0.05) is 29.8 Å². The second-order valence-corrected chi connectivity index (χ2v) is 6.60. The lowest BCUT2D eigenvalue weighted by molar-refractivity contribution is -0.123. The number of nitrogens with one attached hydrogen (secondary N) is 5. The van der Waals surface area contributed by atoms with Gasteiger partial charge in [-0.25, -0.2) is 10.9 Å². The number of hydrazine groups is 2. The number of carbonyl (C=O) groups is 1. The van der Waals surface area contributed by atoms with Gasteiger partial charge in [0.15, 0.2) is 0 Å². The Morgan fingerprint density at radius 2 is 1.96 bits per heavy atom. The fourth-order valence-electron chi connectivity index (χ4n) is 2.66. The highest BCUT2D eigenvalue weighted by Gasteiger charge is 2.32. The first-order chi connectivity index (χ1) is 12.0. The summed E-state index contributed by atoms with van der Waals surface area (Å²) in [5.41, 5.74) is 13.1. The predicted octanol–water partition coefficient (Wildman–Crippen LogP) is 1.99. The fraction of sp³-hybridized carbons (Fsp3) is 0.278. The number of benzene rings is 2. The topological polar surface area (TPSA) is 77.2 Å². The van der Waals surface area contributed by atoms with Crippen LogP contribution in [0, 0.1) is 13.8 Å². The monoisotopic (exact) mass is 359 g/mol. The van der Waals surface area contributed by atoms with Gasteiger partial charge in [-0.05, 0) is 54.8 Å². The Kier molecular flexibility index (Phi) is 5.55. The third-order valence-corrected chi connectivity index (χ3v) is 4.49. The minimum absolute atomic E-state index is 0.112. The Balaban J connectivity index is 1.60. The molecule has 1 amide bonds. The predicted molar refractivity (Wildman–Crippen MR) is 99.8 cm³/mol. The molecule has 5 N–H and O–H groups in total. The molecule has 1 fully saturated rings. The van der Waals surface area contributed by atoms with E-state index >= 15 is 0 Å². The van der Waals surface area contributed by atoms with Crippen LogP contribution in [0.25, 0.3) is 0 Å². The van der Waals surface area contributed by atoms with Crippen LogP contribution in [0.15, 0.2) is 42.5 Å². The Hall–Kier alpha value is -2.12. The summed E-state index contributed by atoms with van der Waals surface area (Å²) >= 11 is 5.97.